The van der Waals surface area contributed by atoms with E-state index < -0.39 is 0 Å². The van der Waals surface area contributed by atoms with Crippen molar-refractivity contribution in [3.8, 4) is 0 Å². The summed E-state index contributed by atoms with van der Waals surface area (Å²) >= 11 is 0. The molecule has 0 spiro atoms. The molecule has 130 valence electrons. The number of anilines is 3. The molecular weight excluding hydrogens is 318 g/mol. The first-order valence-electron chi connectivity index (χ1n) is 8.81. The number of aromatic nitrogens is 4. The van der Waals surface area contributed by atoms with Crippen LogP contribution in [0.4, 0.5) is 17.6 Å². The smallest absolute Gasteiger partial charge is 0.227 e. The molecule has 0 atom stereocenters. The third-order valence-electron chi connectivity index (χ3n) is 5.65. The van der Waals surface area contributed by atoms with Crippen LogP contribution in [0.15, 0.2) is 18.3 Å². The lowest BCUT2D eigenvalue weighted by Crippen LogP contribution is -2.46. The van der Waals surface area contributed by atoms with Gasteiger partial charge in [0.25, 0.3) is 0 Å². The van der Waals surface area contributed by atoms with Gasteiger partial charge in [-0.25, -0.2) is 4.98 Å². The summed E-state index contributed by atoms with van der Waals surface area (Å²) in [6, 6.07) is 4.25. The summed E-state index contributed by atoms with van der Waals surface area (Å²) in [5, 5.41) is 13.4. The van der Waals surface area contributed by atoms with Crippen LogP contribution in [0.2, 0.25) is 0 Å². The fourth-order valence-corrected chi connectivity index (χ4v) is 4.10. The van der Waals surface area contributed by atoms with Gasteiger partial charge in [-0.1, -0.05) is 0 Å². The van der Waals surface area contributed by atoms with E-state index in [2.05, 4.69) is 35.7 Å². The van der Waals surface area contributed by atoms with Crippen LogP contribution < -0.4 is 15.5 Å². The van der Waals surface area contributed by atoms with Gasteiger partial charge in [-0.3, -0.25) is 9.89 Å². The second-order valence-electron chi connectivity index (χ2n) is 7.40. The van der Waals surface area contributed by atoms with Crippen molar-refractivity contribution in [2.75, 3.05) is 23.8 Å². The number of fused-ring (bicyclic) bond motifs is 1. The Labute approximate surface area is 145 Å². The summed E-state index contributed by atoms with van der Waals surface area (Å²) in [6.07, 6.45) is 6.00. The molecule has 2 aromatic heterocycles. The van der Waals surface area contributed by atoms with E-state index in [1.165, 1.54) is 18.5 Å². The summed E-state index contributed by atoms with van der Waals surface area (Å²) in [5.74, 6) is 2.94. The van der Waals surface area contributed by atoms with Gasteiger partial charge in [0, 0.05) is 43.5 Å². The van der Waals surface area contributed by atoms with Crippen LogP contribution in [0.25, 0.3) is 0 Å². The zero-order valence-corrected chi connectivity index (χ0v) is 14.1. The molecule has 4 aliphatic rings. The molecule has 8 nitrogen and oxygen atoms in total. The van der Waals surface area contributed by atoms with Gasteiger partial charge < -0.3 is 15.5 Å². The van der Waals surface area contributed by atoms with Gasteiger partial charge >= 0.3 is 0 Å². The molecule has 1 amide bonds. The highest BCUT2D eigenvalue weighted by Gasteiger charge is 2.60. The SMILES string of the molecule is CNC(=O)C12CC(C1)N(c1nccc(Nc3cc(C4CC4)[nH]n3)n1)C2. The number of nitrogens with one attached hydrogen (secondary N) is 3. The van der Waals surface area contributed by atoms with Crippen molar-refractivity contribution in [2.45, 2.75) is 37.6 Å². The molecule has 4 fully saturated rings. The van der Waals surface area contributed by atoms with Crippen molar-refractivity contribution in [2.24, 2.45) is 5.41 Å². The van der Waals surface area contributed by atoms with E-state index in [-0.39, 0.29) is 11.3 Å². The standard InChI is InChI=1S/C17H21N7O/c1-18-15(25)17-7-11(8-17)24(9-17)16-19-5-4-13(21-16)20-14-6-12(22-23-14)10-2-3-10/h4-6,10-11H,2-3,7-9H2,1H3,(H,18,25)(H2,19,20,21,22,23). The van der Waals surface area contributed by atoms with Crippen molar-refractivity contribution in [1.29, 1.82) is 0 Å². The third kappa shape index (κ3) is 2.35. The van der Waals surface area contributed by atoms with Gasteiger partial charge in [0.05, 0.1) is 5.41 Å². The number of hydrogen-bond acceptors (Lipinski definition) is 6. The minimum atomic E-state index is -0.256. The number of rotatable bonds is 5. The fraction of sp³-hybridized carbons (Fsp3) is 0.529. The van der Waals surface area contributed by atoms with E-state index >= 15 is 0 Å². The number of nitrogens with zero attached hydrogens (tertiary/aromatic N) is 4. The van der Waals surface area contributed by atoms with Crippen LogP contribution in [0.5, 0.6) is 0 Å². The quantitative estimate of drug-likeness (QED) is 0.764. The van der Waals surface area contributed by atoms with Crippen LogP contribution in [-0.2, 0) is 4.79 Å². The van der Waals surface area contributed by atoms with E-state index in [4.69, 9.17) is 0 Å². The summed E-state index contributed by atoms with van der Waals surface area (Å²) < 4.78 is 0. The van der Waals surface area contributed by atoms with Gasteiger partial charge in [-0.15, -0.1) is 0 Å². The summed E-state index contributed by atoms with van der Waals surface area (Å²) in [4.78, 5) is 23.3. The Morgan fingerprint density at radius 3 is 2.96 bits per heavy atom. The maximum Gasteiger partial charge on any atom is 0.227 e. The molecular formula is C17H21N7O. The number of aromatic amines is 1. The zero-order chi connectivity index (χ0) is 17.0. The lowest BCUT2D eigenvalue weighted by Gasteiger charge is -2.34. The second kappa shape index (κ2) is 5.18. The molecule has 8 heteroatoms. The predicted molar refractivity (Wildman–Crippen MR) is 92.7 cm³/mol. The minimum Gasteiger partial charge on any atom is -0.359 e. The van der Waals surface area contributed by atoms with E-state index in [1.807, 2.05) is 12.1 Å². The van der Waals surface area contributed by atoms with Crippen molar-refractivity contribution in [1.82, 2.24) is 25.5 Å². The first kappa shape index (κ1) is 14.7. The molecule has 3 N–H and O–H groups in total. The highest BCUT2D eigenvalue weighted by Crippen LogP contribution is 2.52. The number of amides is 1. The Morgan fingerprint density at radius 2 is 2.20 bits per heavy atom. The monoisotopic (exact) mass is 339 g/mol. The largest absolute Gasteiger partial charge is 0.359 e. The molecule has 6 rings (SSSR count). The van der Waals surface area contributed by atoms with Crippen LogP contribution in [0.1, 0.15) is 37.3 Å². The Kier molecular flexibility index (Phi) is 3.04. The molecule has 2 aliphatic carbocycles. The molecule has 2 aliphatic heterocycles. The first-order valence-corrected chi connectivity index (χ1v) is 8.81. The molecule has 25 heavy (non-hydrogen) atoms. The van der Waals surface area contributed by atoms with Crippen LogP contribution in [-0.4, -0.2) is 45.7 Å². The van der Waals surface area contributed by atoms with Crippen molar-refractivity contribution in [3.05, 3.63) is 24.0 Å². The topological polar surface area (TPSA) is 98.8 Å². The van der Waals surface area contributed by atoms with Crippen LogP contribution in [0, 0.1) is 5.41 Å². The van der Waals surface area contributed by atoms with Crippen molar-refractivity contribution >= 4 is 23.5 Å². The van der Waals surface area contributed by atoms with E-state index in [0.29, 0.717) is 24.5 Å². The van der Waals surface area contributed by atoms with Crippen LogP contribution >= 0.6 is 0 Å². The molecule has 2 bridgehead atoms. The van der Waals surface area contributed by atoms with Gasteiger partial charge in [-0.2, -0.15) is 10.1 Å². The van der Waals surface area contributed by atoms with Crippen LogP contribution in [0.3, 0.4) is 0 Å². The normalized spacial score (nSPS) is 27.1. The average molecular weight is 339 g/mol. The Balaban J connectivity index is 1.32. The molecule has 2 saturated carbocycles. The van der Waals surface area contributed by atoms with E-state index in [9.17, 15) is 4.79 Å². The minimum absolute atomic E-state index is 0.129. The Morgan fingerprint density at radius 1 is 1.36 bits per heavy atom. The molecule has 0 aromatic carbocycles. The lowest BCUT2D eigenvalue weighted by molar-refractivity contribution is -0.132. The third-order valence-corrected chi connectivity index (χ3v) is 5.65. The first-order chi connectivity index (χ1) is 12.2. The maximum absolute atomic E-state index is 12.1. The average Bonchev–Trinajstić information content (AvgIpc) is 3.06. The highest BCUT2D eigenvalue weighted by molar-refractivity contribution is 5.86. The molecule has 0 unspecified atom stereocenters. The molecule has 0 radical (unpaired) electrons. The Hall–Kier alpha value is -2.64. The number of carbonyl (C=O) groups is 1. The van der Waals surface area contributed by atoms with E-state index in [1.54, 1.807) is 13.2 Å². The van der Waals surface area contributed by atoms with Gasteiger partial charge in [0.2, 0.25) is 11.9 Å². The zero-order valence-electron chi connectivity index (χ0n) is 14.1. The fourth-order valence-electron chi connectivity index (χ4n) is 4.10. The summed E-state index contributed by atoms with van der Waals surface area (Å²) in [7, 11) is 1.70. The Bertz CT molecular complexity index is 822. The maximum atomic E-state index is 12.1. The number of hydrogen-bond donors (Lipinski definition) is 3. The lowest BCUT2D eigenvalue weighted by atomic mass is 9.69. The number of carbonyl (C=O) groups excluding carboxylic acids is 1. The van der Waals surface area contributed by atoms with Crippen molar-refractivity contribution < 1.29 is 4.79 Å². The molecule has 2 aromatic rings. The van der Waals surface area contributed by atoms with E-state index in [0.717, 1.165) is 24.5 Å². The summed E-state index contributed by atoms with van der Waals surface area (Å²) in [6.45, 7) is 0.690. The van der Waals surface area contributed by atoms with Gasteiger partial charge in [0.1, 0.15) is 5.82 Å². The molecule has 2 saturated heterocycles. The van der Waals surface area contributed by atoms with Crippen molar-refractivity contribution in [3.63, 3.8) is 0 Å². The molecule has 4 heterocycles. The number of H-pyrrole nitrogens is 1. The highest BCUT2D eigenvalue weighted by atomic mass is 16.2. The van der Waals surface area contributed by atoms with Gasteiger partial charge in [0.15, 0.2) is 5.82 Å². The summed E-state index contributed by atoms with van der Waals surface area (Å²) in [5.41, 5.74) is 0.928. The van der Waals surface area contributed by atoms with Gasteiger partial charge in [-0.05, 0) is 31.7 Å². The predicted octanol–water partition coefficient (Wildman–Crippen LogP) is 1.54. The second-order valence-corrected chi connectivity index (χ2v) is 7.40.